The predicted molar refractivity (Wildman–Crippen MR) is 104 cm³/mol. The molecule has 1 atom stereocenters. The summed E-state index contributed by atoms with van der Waals surface area (Å²) in [5.41, 5.74) is -0.772. The molecule has 0 saturated carbocycles. The Kier molecular flexibility index (Phi) is 6.02. The molecule has 1 aromatic heterocycles. The lowest BCUT2D eigenvalue weighted by Gasteiger charge is -2.48. The van der Waals surface area contributed by atoms with Crippen molar-refractivity contribution in [2.24, 2.45) is 5.41 Å². The first-order valence-corrected chi connectivity index (χ1v) is 9.79. The summed E-state index contributed by atoms with van der Waals surface area (Å²) in [6.45, 7) is 3.43. The summed E-state index contributed by atoms with van der Waals surface area (Å²) in [7, 11) is 3.98. The van der Waals surface area contributed by atoms with E-state index in [2.05, 4.69) is 15.1 Å². The van der Waals surface area contributed by atoms with E-state index in [4.69, 9.17) is 0 Å². The largest absolute Gasteiger partial charge is 0.342 e. The van der Waals surface area contributed by atoms with Crippen molar-refractivity contribution in [2.75, 3.05) is 46.8 Å². The zero-order valence-electron chi connectivity index (χ0n) is 16.6. The molecular weight excluding hydrogens is 362 g/mol. The van der Waals surface area contributed by atoms with Gasteiger partial charge in [-0.1, -0.05) is 0 Å². The molecule has 2 saturated heterocycles. The number of rotatable bonds is 5. The van der Waals surface area contributed by atoms with E-state index < -0.39 is 11.1 Å². The Balaban J connectivity index is 1.68. The maximum Gasteiger partial charge on any atom is 0.266 e. The first-order chi connectivity index (χ1) is 13.3. The van der Waals surface area contributed by atoms with E-state index in [-0.39, 0.29) is 29.2 Å². The van der Waals surface area contributed by atoms with Crippen molar-refractivity contribution >= 4 is 11.8 Å². The lowest BCUT2D eigenvalue weighted by Crippen LogP contribution is -2.56. The zero-order valence-corrected chi connectivity index (χ0v) is 16.6. The fourth-order valence-electron chi connectivity index (χ4n) is 4.25. The average Bonchev–Trinajstić information content (AvgIpc) is 2.66. The third kappa shape index (κ3) is 4.70. The second kappa shape index (κ2) is 8.30. The van der Waals surface area contributed by atoms with Crippen LogP contribution in [0.1, 0.15) is 31.2 Å². The number of likely N-dealkylation sites (N-methyl/N-ethyl adjacent to an activating group) is 1. The summed E-state index contributed by atoms with van der Waals surface area (Å²) in [5, 5.41) is 4.46. The average molecular weight is 391 g/mol. The minimum atomic E-state index is -0.446. The molecular formula is C19H29N5O4. The molecule has 0 bridgehead atoms. The molecule has 3 heterocycles. The van der Waals surface area contributed by atoms with E-state index in [9.17, 15) is 19.2 Å². The number of nitrogens with zero attached hydrogens (tertiary/aromatic N) is 3. The standard InChI is InChI=1S/C19H29N5O4/c1-22(2)8-9-24-13-19(6-4-16(24)26)5-3-7-23(12-19)17(27)11-14-10-15(25)20-21-18(14)28/h10H,3-9,11-13H2,1-2H3,(H,20,25)(H,21,28)/t19-/m1/s1. The molecule has 1 spiro atoms. The molecule has 9 heteroatoms. The van der Waals surface area contributed by atoms with Crippen molar-refractivity contribution in [3.05, 3.63) is 32.3 Å². The number of amides is 2. The lowest BCUT2D eigenvalue weighted by atomic mass is 9.73. The van der Waals surface area contributed by atoms with Crippen LogP contribution in [0.3, 0.4) is 0 Å². The van der Waals surface area contributed by atoms with Crippen molar-refractivity contribution in [3.63, 3.8) is 0 Å². The normalized spacial score (nSPS) is 22.9. The van der Waals surface area contributed by atoms with Crippen LogP contribution in [-0.2, 0) is 16.0 Å². The quantitative estimate of drug-likeness (QED) is 0.697. The van der Waals surface area contributed by atoms with Gasteiger partial charge in [0, 0.05) is 56.2 Å². The third-order valence-corrected chi connectivity index (χ3v) is 5.82. The van der Waals surface area contributed by atoms with Crippen LogP contribution in [-0.4, -0.2) is 83.5 Å². The SMILES string of the molecule is CN(C)CCN1C[C@]2(CCCN(C(=O)Cc3cc(=O)[nH][nH]c3=O)C2)CCC1=O. The van der Waals surface area contributed by atoms with Gasteiger partial charge in [-0.3, -0.25) is 29.4 Å². The van der Waals surface area contributed by atoms with Crippen molar-refractivity contribution < 1.29 is 9.59 Å². The highest BCUT2D eigenvalue weighted by molar-refractivity contribution is 5.79. The fourth-order valence-corrected chi connectivity index (χ4v) is 4.25. The zero-order chi connectivity index (χ0) is 20.3. The number of nitrogens with one attached hydrogen (secondary N) is 2. The van der Waals surface area contributed by atoms with Crippen molar-refractivity contribution in [2.45, 2.75) is 32.1 Å². The molecule has 2 fully saturated rings. The van der Waals surface area contributed by atoms with Crippen molar-refractivity contribution in [1.82, 2.24) is 24.9 Å². The van der Waals surface area contributed by atoms with E-state index in [1.54, 1.807) is 4.90 Å². The number of hydrogen-bond acceptors (Lipinski definition) is 5. The predicted octanol–water partition coefficient (Wildman–Crippen LogP) is -0.601. The van der Waals surface area contributed by atoms with Crippen LogP contribution >= 0.6 is 0 Å². The summed E-state index contributed by atoms with van der Waals surface area (Å²) in [6.07, 6.45) is 3.10. The Morgan fingerprint density at radius 3 is 2.71 bits per heavy atom. The minimum absolute atomic E-state index is 0.0747. The number of carbonyl (C=O) groups is 2. The molecule has 0 aromatic carbocycles. The fraction of sp³-hybridized carbons (Fsp3) is 0.684. The maximum absolute atomic E-state index is 12.8. The number of aromatic amines is 2. The number of H-pyrrole nitrogens is 2. The Hall–Kier alpha value is -2.42. The minimum Gasteiger partial charge on any atom is -0.342 e. The molecule has 2 aliphatic rings. The van der Waals surface area contributed by atoms with Gasteiger partial charge in [0.2, 0.25) is 11.8 Å². The molecule has 0 unspecified atom stereocenters. The van der Waals surface area contributed by atoms with E-state index in [1.807, 2.05) is 19.0 Å². The lowest BCUT2D eigenvalue weighted by molar-refractivity contribution is -0.142. The summed E-state index contributed by atoms with van der Waals surface area (Å²) >= 11 is 0. The molecule has 154 valence electrons. The van der Waals surface area contributed by atoms with Gasteiger partial charge in [-0.25, -0.2) is 0 Å². The Morgan fingerprint density at radius 1 is 1.18 bits per heavy atom. The van der Waals surface area contributed by atoms with Crippen molar-refractivity contribution in [3.8, 4) is 0 Å². The number of hydrogen-bond donors (Lipinski definition) is 2. The molecule has 3 rings (SSSR count). The van der Waals surface area contributed by atoms with Crippen molar-refractivity contribution in [1.29, 1.82) is 0 Å². The Labute approximate surface area is 163 Å². The van der Waals surface area contributed by atoms with Crippen LogP contribution in [0.2, 0.25) is 0 Å². The topological polar surface area (TPSA) is 110 Å². The van der Waals surface area contributed by atoms with E-state index in [0.29, 0.717) is 32.6 Å². The third-order valence-electron chi connectivity index (χ3n) is 5.82. The molecule has 0 aliphatic carbocycles. The number of piperidine rings is 2. The summed E-state index contributed by atoms with van der Waals surface area (Å²) < 4.78 is 0. The van der Waals surface area contributed by atoms with Crippen LogP contribution in [0.5, 0.6) is 0 Å². The second-order valence-electron chi connectivity index (χ2n) is 8.33. The van der Waals surface area contributed by atoms with Crippen LogP contribution in [0.4, 0.5) is 0 Å². The number of aromatic nitrogens is 2. The second-order valence-corrected chi connectivity index (χ2v) is 8.33. The molecule has 9 nitrogen and oxygen atoms in total. The van der Waals surface area contributed by atoms with Gasteiger partial charge in [-0.15, -0.1) is 0 Å². The van der Waals surface area contributed by atoms with Gasteiger partial charge in [-0.2, -0.15) is 0 Å². The molecule has 1 aromatic rings. The van der Waals surface area contributed by atoms with Gasteiger partial charge in [0.15, 0.2) is 0 Å². The molecule has 0 radical (unpaired) electrons. The first-order valence-electron chi connectivity index (χ1n) is 9.79. The van der Waals surface area contributed by atoms with Gasteiger partial charge in [0.05, 0.1) is 6.42 Å². The number of carbonyl (C=O) groups excluding carboxylic acids is 2. The van der Waals surface area contributed by atoms with Gasteiger partial charge >= 0.3 is 0 Å². The van der Waals surface area contributed by atoms with Gasteiger partial charge in [-0.05, 0) is 33.4 Å². The van der Waals surface area contributed by atoms with E-state index >= 15 is 0 Å². The van der Waals surface area contributed by atoms with Gasteiger partial charge < -0.3 is 14.7 Å². The Morgan fingerprint density at radius 2 is 1.96 bits per heavy atom. The highest BCUT2D eigenvalue weighted by Crippen LogP contribution is 2.38. The summed E-state index contributed by atoms with van der Waals surface area (Å²) in [6, 6.07) is 1.18. The molecule has 2 amide bonds. The molecule has 28 heavy (non-hydrogen) atoms. The Bertz CT molecular complexity index is 845. The smallest absolute Gasteiger partial charge is 0.266 e. The van der Waals surface area contributed by atoms with E-state index in [0.717, 1.165) is 25.8 Å². The maximum atomic E-state index is 12.8. The summed E-state index contributed by atoms with van der Waals surface area (Å²) in [4.78, 5) is 54.2. The first kappa shape index (κ1) is 20.3. The van der Waals surface area contributed by atoms with Crippen LogP contribution in [0.25, 0.3) is 0 Å². The molecule has 2 N–H and O–H groups in total. The van der Waals surface area contributed by atoms with Crippen LogP contribution in [0, 0.1) is 5.41 Å². The van der Waals surface area contributed by atoms with Crippen LogP contribution in [0.15, 0.2) is 15.7 Å². The van der Waals surface area contributed by atoms with Gasteiger partial charge in [0.1, 0.15) is 0 Å². The summed E-state index contributed by atoms with van der Waals surface area (Å²) in [5.74, 6) is 0.0397. The van der Waals surface area contributed by atoms with Gasteiger partial charge in [0.25, 0.3) is 11.1 Å². The van der Waals surface area contributed by atoms with Crippen LogP contribution < -0.4 is 11.1 Å². The van der Waals surface area contributed by atoms with E-state index in [1.165, 1.54) is 6.07 Å². The monoisotopic (exact) mass is 391 g/mol. The highest BCUT2D eigenvalue weighted by Gasteiger charge is 2.42. The number of likely N-dealkylation sites (tertiary alicyclic amines) is 2. The molecule has 2 aliphatic heterocycles. The highest BCUT2D eigenvalue weighted by atomic mass is 16.2.